The number of benzene rings is 1. The number of hydrogen-bond acceptors (Lipinski definition) is 2. The smallest absolute Gasteiger partial charge is 0.336 e. The number of aromatic carboxylic acids is 1. The van der Waals surface area contributed by atoms with E-state index in [1.165, 1.54) is 167 Å². The van der Waals surface area contributed by atoms with Crippen molar-refractivity contribution in [1.82, 2.24) is 0 Å². The summed E-state index contributed by atoms with van der Waals surface area (Å²) in [6, 6.07) is 4.77. The van der Waals surface area contributed by atoms with Crippen molar-refractivity contribution in [3.05, 3.63) is 29.3 Å². The van der Waals surface area contributed by atoms with Crippen molar-refractivity contribution in [1.29, 1.82) is 0 Å². The van der Waals surface area contributed by atoms with Gasteiger partial charge in [0, 0.05) is 5.56 Å². The highest BCUT2D eigenvalue weighted by Gasteiger charge is 2.13. The number of phenols is 1. The number of carboxylic acids is 1. The van der Waals surface area contributed by atoms with Gasteiger partial charge in [-0.05, 0) is 25.0 Å². The summed E-state index contributed by atoms with van der Waals surface area (Å²) in [6.45, 7) is 2.30. The highest BCUT2D eigenvalue weighted by Crippen LogP contribution is 2.24. The molecule has 0 saturated carbocycles. The summed E-state index contributed by atoms with van der Waals surface area (Å²) >= 11 is 0. The monoisotopic (exact) mass is 559 g/mol. The Morgan fingerprint density at radius 3 is 1.10 bits per heavy atom. The highest BCUT2D eigenvalue weighted by molar-refractivity contribution is 5.90. The van der Waals surface area contributed by atoms with Crippen molar-refractivity contribution < 1.29 is 15.0 Å². The number of rotatable bonds is 30. The lowest BCUT2D eigenvalue weighted by atomic mass is 9.99. The molecule has 1 aromatic rings. The summed E-state index contributed by atoms with van der Waals surface area (Å²) in [7, 11) is 0. The van der Waals surface area contributed by atoms with Crippen molar-refractivity contribution in [3.8, 4) is 5.75 Å². The third-order valence-electron chi connectivity index (χ3n) is 8.66. The quantitative estimate of drug-likeness (QED) is 0.0923. The van der Waals surface area contributed by atoms with Gasteiger partial charge in [-0.1, -0.05) is 186 Å². The molecule has 0 bridgehead atoms. The van der Waals surface area contributed by atoms with Crippen LogP contribution in [0.1, 0.15) is 203 Å². The second-order valence-electron chi connectivity index (χ2n) is 12.4. The van der Waals surface area contributed by atoms with Crippen LogP contribution in [0.15, 0.2) is 18.2 Å². The average molecular weight is 559 g/mol. The first-order valence-electron chi connectivity index (χ1n) is 17.7. The molecule has 40 heavy (non-hydrogen) atoms. The largest absolute Gasteiger partial charge is 0.508 e. The van der Waals surface area contributed by atoms with E-state index in [1.54, 1.807) is 18.2 Å². The van der Waals surface area contributed by atoms with Gasteiger partial charge in [0.05, 0.1) is 5.56 Å². The van der Waals surface area contributed by atoms with Crippen LogP contribution in [-0.4, -0.2) is 16.2 Å². The van der Waals surface area contributed by atoms with Gasteiger partial charge in [0.1, 0.15) is 5.75 Å². The average Bonchev–Trinajstić information content (AvgIpc) is 2.95. The zero-order valence-electron chi connectivity index (χ0n) is 26.5. The molecular formula is C37H66O3. The fraction of sp³-hybridized carbons (Fsp3) is 0.811. The van der Waals surface area contributed by atoms with Crippen LogP contribution in [0, 0.1) is 0 Å². The maximum Gasteiger partial charge on any atom is 0.336 e. The lowest BCUT2D eigenvalue weighted by molar-refractivity contribution is 0.0695. The maximum absolute atomic E-state index is 11.3. The van der Waals surface area contributed by atoms with Crippen LogP contribution in [0.25, 0.3) is 0 Å². The Hall–Kier alpha value is -1.51. The minimum atomic E-state index is -0.953. The molecule has 0 atom stereocenters. The van der Waals surface area contributed by atoms with Crippen LogP contribution in [0.2, 0.25) is 0 Å². The lowest BCUT2D eigenvalue weighted by Gasteiger charge is -2.08. The number of phenolic OH excluding ortho intramolecular Hbond substituents is 1. The van der Waals surface area contributed by atoms with E-state index >= 15 is 0 Å². The van der Waals surface area contributed by atoms with E-state index in [-0.39, 0.29) is 11.3 Å². The summed E-state index contributed by atoms with van der Waals surface area (Å²) in [5.74, 6) is -0.837. The third-order valence-corrected chi connectivity index (χ3v) is 8.66. The molecule has 0 unspecified atom stereocenters. The van der Waals surface area contributed by atoms with E-state index in [0.717, 1.165) is 12.8 Å². The standard InChI is InChI=1S/C37H66O3/c1-2-3-4-5-6-7-8-9-10-11-12-13-14-15-16-17-18-19-20-21-22-23-24-25-26-27-28-29-31-34-35(37(39)40)32-30-33-36(34)38/h30,32-33,38H,2-29,31H2,1H3,(H,39,40). The van der Waals surface area contributed by atoms with E-state index in [2.05, 4.69) is 6.92 Å². The Kier molecular flexibility index (Phi) is 25.2. The number of carbonyl (C=O) groups is 1. The number of unbranched alkanes of at least 4 members (excludes halogenated alkanes) is 27. The van der Waals surface area contributed by atoms with Crippen molar-refractivity contribution >= 4 is 5.97 Å². The zero-order valence-corrected chi connectivity index (χ0v) is 26.5. The SMILES string of the molecule is CCCCCCCCCCCCCCCCCCCCCCCCCCCCCCc1c(O)cccc1C(=O)O. The van der Waals surface area contributed by atoms with E-state index in [9.17, 15) is 15.0 Å². The molecule has 0 aliphatic heterocycles. The van der Waals surface area contributed by atoms with Gasteiger partial charge in [0.25, 0.3) is 0 Å². The Morgan fingerprint density at radius 1 is 0.500 bits per heavy atom. The Morgan fingerprint density at radius 2 is 0.800 bits per heavy atom. The normalized spacial score (nSPS) is 11.3. The van der Waals surface area contributed by atoms with Crippen molar-refractivity contribution in [3.63, 3.8) is 0 Å². The summed E-state index contributed by atoms with van der Waals surface area (Å²) in [5, 5.41) is 19.3. The molecule has 0 aliphatic carbocycles. The molecule has 3 heteroatoms. The minimum absolute atomic E-state index is 0.116. The molecule has 232 valence electrons. The molecule has 1 rings (SSSR count). The van der Waals surface area contributed by atoms with Crippen LogP contribution >= 0.6 is 0 Å². The predicted octanol–water partition coefficient (Wildman–Crippen LogP) is 12.6. The molecule has 0 saturated heterocycles. The van der Waals surface area contributed by atoms with Gasteiger partial charge in [0.15, 0.2) is 0 Å². The molecule has 0 spiro atoms. The zero-order chi connectivity index (χ0) is 28.9. The molecular weight excluding hydrogens is 492 g/mol. The summed E-state index contributed by atoms with van der Waals surface area (Å²) in [5.41, 5.74) is 0.829. The molecule has 0 aliphatic rings. The molecule has 0 radical (unpaired) electrons. The fourth-order valence-corrected chi connectivity index (χ4v) is 6.01. The van der Waals surface area contributed by atoms with Gasteiger partial charge in [-0.2, -0.15) is 0 Å². The molecule has 1 aromatic carbocycles. The third kappa shape index (κ3) is 21.3. The van der Waals surface area contributed by atoms with Gasteiger partial charge < -0.3 is 10.2 Å². The number of hydrogen-bond donors (Lipinski definition) is 2. The van der Waals surface area contributed by atoms with E-state index in [1.807, 2.05) is 0 Å². The fourth-order valence-electron chi connectivity index (χ4n) is 6.01. The maximum atomic E-state index is 11.3. The topological polar surface area (TPSA) is 57.5 Å². The molecule has 3 nitrogen and oxygen atoms in total. The van der Waals surface area contributed by atoms with Gasteiger partial charge in [-0.3, -0.25) is 0 Å². The Balaban J connectivity index is 1.73. The lowest BCUT2D eigenvalue weighted by Crippen LogP contribution is -2.02. The van der Waals surface area contributed by atoms with Crippen LogP contribution in [-0.2, 0) is 6.42 Å². The summed E-state index contributed by atoms with van der Waals surface area (Å²) in [6.07, 6.45) is 39.5. The Bertz CT molecular complexity index is 699. The molecule has 2 N–H and O–H groups in total. The first-order chi connectivity index (χ1) is 19.7. The van der Waals surface area contributed by atoms with E-state index in [0.29, 0.717) is 12.0 Å². The van der Waals surface area contributed by atoms with Crippen molar-refractivity contribution in [2.24, 2.45) is 0 Å². The minimum Gasteiger partial charge on any atom is -0.508 e. The van der Waals surface area contributed by atoms with Crippen LogP contribution in [0.5, 0.6) is 5.75 Å². The molecule has 0 fully saturated rings. The number of carboxylic acid groups (broad SMARTS) is 1. The second-order valence-corrected chi connectivity index (χ2v) is 12.4. The molecule has 0 amide bonds. The Labute approximate surface area is 248 Å². The van der Waals surface area contributed by atoms with E-state index < -0.39 is 5.97 Å². The summed E-state index contributed by atoms with van der Waals surface area (Å²) in [4.78, 5) is 11.3. The van der Waals surface area contributed by atoms with Crippen molar-refractivity contribution in [2.45, 2.75) is 193 Å². The van der Waals surface area contributed by atoms with E-state index in [4.69, 9.17) is 0 Å². The molecule has 0 aromatic heterocycles. The van der Waals surface area contributed by atoms with Crippen LogP contribution < -0.4 is 0 Å². The predicted molar refractivity (Wildman–Crippen MR) is 174 cm³/mol. The van der Waals surface area contributed by atoms with Crippen molar-refractivity contribution in [2.75, 3.05) is 0 Å². The van der Waals surface area contributed by atoms with Crippen LogP contribution in [0.4, 0.5) is 0 Å². The molecule has 0 heterocycles. The van der Waals surface area contributed by atoms with Gasteiger partial charge >= 0.3 is 5.97 Å². The van der Waals surface area contributed by atoms with Gasteiger partial charge in [-0.15, -0.1) is 0 Å². The summed E-state index contributed by atoms with van der Waals surface area (Å²) < 4.78 is 0. The second kappa shape index (κ2) is 27.6. The van der Waals surface area contributed by atoms with Crippen LogP contribution in [0.3, 0.4) is 0 Å². The number of aromatic hydroxyl groups is 1. The first-order valence-corrected chi connectivity index (χ1v) is 17.7. The first kappa shape index (κ1) is 36.5. The van der Waals surface area contributed by atoms with Gasteiger partial charge in [0.2, 0.25) is 0 Å². The van der Waals surface area contributed by atoms with Gasteiger partial charge in [-0.25, -0.2) is 4.79 Å². The highest BCUT2D eigenvalue weighted by atomic mass is 16.4.